The lowest BCUT2D eigenvalue weighted by Gasteiger charge is -2.39. The molecule has 1 atom stereocenters. The van der Waals surface area contributed by atoms with Crippen molar-refractivity contribution in [2.75, 3.05) is 0 Å². The zero-order valence-electron chi connectivity index (χ0n) is 15.6. The van der Waals surface area contributed by atoms with Crippen LogP contribution in [-0.4, -0.2) is 0 Å². The summed E-state index contributed by atoms with van der Waals surface area (Å²) in [5, 5.41) is 0. The Hall–Kier alpha value is -0.780. The van der Waals surface area contributed by atoms with Crippen molar-refractivity contribution in [2.45, 2.75) is 91.9 Å². The minimum Gasteiger partial charge on any atom is -0.0599 e. The first kappa shape index (κ1) is 16.1. The van der Waals surface area contributed by atoms with Crippen LogP contribution in [0.15, 0.2) is 6.07 Å². The van der Waals surface area contributed by atoms with E-state index in [1.165, 1.54) is 44.9 Å². The van der Waals surface area contributed by atoms with Crippen LogP contribution in [0.25, 0.3) is 0 Å². The van der Waals surface area contributed by atoms with Crippen molar-refractivity contribution in [3.8, 4) is 0 Å². The van der Waals surface area contributed by atoms with Crippen molar-refractivity contribution in [1.82, 2.24) is 0 Å². The van der Waals surface area contributed by atoms with E-state index in [0.29, 0.717) is 5.41 Å². The molecule has 1 aromatic rings. The number of fused-ring (bicyclic) bond motifs is 3. The minimum absolute atomic E-state index is 0.289. The first-order valence-electron chi connectivity index (χ1n) is 9.35. The molecule has 3 rings (SSSR count). The third-order valence-corrected chi connectivity index (χ3v) is 6.11. The van der Waals surface area contributed by atoms with E-state index in [1.54, 1.807) is 27.8 Å². The molecule has 0 nitrogen and oxygen atoms in total. The van der Waals surface area contributed by atoms with Crippen LogP contribution in [0.5, 0.6) is 0 Å². The molecule has 0 aromatic heterocycles. The van der Waals surface area contributed by atoms with Gasteiger partial charge in [-0.15, -0.1) is 0 Å². The summed E-state index contributed by atoms with van der Waals surface area (Å²) < 4.78 is 0. The van der Waals surface area contributed by atoms with Crippen molar-refractivity contribution >= 4 is 0 Å². The third-order valence-electron chi connectivity index (χ3n) is 6.11. The summed E-state index contributed by atoms with van der Waals surface area (Å²) in [6.07, 6.45) is 9.43. The standard InChI is InChI=1S/C22H34/c1-21(2,3)16-12-11-15-13-20(22(4,5)6)18-10-8-7-9-17(18)19(15)14-16/h13,16H,7-12,14H2,1-6H3. The Morgan fingerprint density at radius 1 is 0.818 bits per heavy atom. The third kappa shape index (κ3) is 2.86. The van der Waals surface area contributed by atoms with E-state index in [1.807, 2.05) is 0 Å². The predicted molar refractivity (Wildman–Crippen MR) is 96.8 cm³/mol. The lowest BCUT2D eigenvalue weighted by Crippen LogP contribution is -2.29. The molecule has 0 heterocycles. The van der Waals surface area contributed by atoms with Gasteiger partial charge in [0.2, 0.25) is 0 Å². The quantitative estimate of drug-likeness (QED) is 0.550. The molecule has 1 aromatic carbocycles. The maximum atomic E-state index is 2.60. The number of hydrogen-bond donors (Lipinski definition) is 0. The molecular formula is C22H34. The number of hydrogen-bond acceptors (Lipinski definition) is 0. The van der Waals surface area contributed by atoms with E-state index in [2.05, 4.69) is 47.6 Å². The van der Waals surface area contributed by atoms with Gasteiger partial charge in [0.1, 0.15) is 0 Å². The Bertz CT molecular complexity index is 563. The van der Waals surface area contributed by atoms with Crippen molar-refractivity contribution < 1.29 is 0 Å². The SMILES string of the molecule is CC(C)(C)c1cc2c(c3c1CCCC3)CC(C(C)(C)C)CC2. The highest BCUT2D eigenvalue weighted by atomic mass is 14.4. The molecule has 0 saturated carbocycles. The summed E-state index contributed by atoms with van der Waals surface area (Å²) in [5.41, 5.74) is 9.32. The summed E-state index contributed by atoms with van der Waals surface area (Å²) in [6.45, 7) is 14.5. The fraction of sp³-hybridized carbons (Fsp3) is 0.727. The molecule has 1 unspecified atom stereocenters. The van der Waals surface area contributed by atoms with Crippen LogP contribution in [0.3, 0.4) is 0 Å². The van der Waals surface area contributed by atoms with E-state index in [4.69, 9.17) is 0 Å². The van der Waals surface area contributed by atoms with Crippen LogP contribution in [0.1, 0.15) is 88.6 Å². The fourth-order valence-corrected chi connectivity index (χ4v) is 4.64. The second-order valence-electron chi connectivity index (χ2n) is 9.78. The van der Waals surface area contributed by atoms with Gasteiger partial charge in [-0.2, -0.15) is 0 Å². The van der Waals surface area contributed by atoms with Gasteiger partial charge < -0.3 is 0 Å². The highest BCUT2D eigenvalue weighted by Crippen LogP contribution is 2.43. The summed E-state index contributed by atoms with van der Waals surface area (Å²) in [4.78, 5) is 0. The molecule has 0 radical (unpaired) electrons. The maximum Gasteiger partial charge on any atom is -0.0129 e. The molecule has 2 aliphatic rings. The summed E-state index contributed by atoms with van der Waals surface area (Å²) in [7, 11) is 0. The number of rotatable bonds is 0. The van der Waals surface area contributed by atoms with Gasteiger partial charge in [0, 0.05) is 0 Å². The van der Waals surface area contributed by atoms with Gasteiger partial charge in [0.05, 0.1) is 0 Å². The van der Waals surface area contributed by atoms with Gasteiger partial charge in [-0.05, 0) is 89.5 Å². The molecule has 0 heteroatoms. The number of benzene rings is 1. The van der Waals surface area contributed by atoms with Gasteiger partial charge >= 0.3 is 0 Å². The lowest BCUT2D eigenvalue weighted by atomic mass is 9.66. The molecule has 0 amide bonds. The largest absolute Gasteiger partial charge is 0.0599 e. The first-order valence-corrected chi connectivity index (χ1v) is 9.35. The Labute approximate surface area is 137 Å². The van der Waals surface area contributed by atoms with E-state index in [9.17, 15) is 0 Å². The highest BCUT2D eigenvalue weighted by Gasteiger charge is 2.33. The van der Waals surface area contributed by atoms with Gasteiger partial charge in [0.15, 0.2) is 0 Å². The van der Waals surface area contributed by atoms with Crippen LogP contribution in [0.2, 0.25) is 0 Å². The predicted octanol–water partition coefficient (Wildman–Crippen LogP) is 6.01. The normalized spacial score (nSPS) is 22.2. The Balaban J connectivity index is 2.10. The van der Waals surface area contributed by atoms with Gasteiger partial charge in [0.25, 0.3) is 0 Å². The molecule has 0 spiro atoms. The van der Waals surface area contributed by atoms with Crippen LogP contribution in [0, 0.1) is 11.3 Å². The smallest absolute Gasteiger partial charge is 0.0129 e. The van der Waals surface area contributed by atoms with Crippen molar-refractivity contribution in [1.29, 1.82) is 0 Å². The van der Waals surface area contributed by atoms with Gasteiger partial charge in [-0.25, -0.2) is 0 Å². The van der Waals surface area contributed by atoms with Gasteiger partial charge in [-0.3, -0.25) is 0 Å². The van der Waals surface area contributed by atoms with Crippen LogP contribution in [-0.2, 0) is 31.1 Å². The molecule has 22 heavy (non-hydrogen) atoms. The number of aryl methyl sites for hydroxylation is 1. The van der Waals surface area contributed by atoms with E-state index < -0.39 is 0 Å². The van der Waals surface area contributed by atoms with E-state index in [0.717, 1.165) is 5.92 Å². The Kier molecular flexibility index (Phi) is 3.94. The summed E-state index contributed by atoms with van der Waals surface area (Å²) >= 11 is 0. The summed E-state index contributed by atoms with van der Waals surface area (Å²) in [6, 6.07) is 2.60. The summed E-state index contributed by atoms with van der Waals surface area (Å²) in [5.74, 6) is 0.853. The minimum atomic E-state index is 0.289. The van der Waals surface area contributed by atoms with Crippen molar-refractivity contribution in [3.05, 3.63) is 33.9 Å². The second-order valence-corrected chi connectivity index (χ2v) is 9.78. The lowest BCUT2D eigenvalue weighted by molar-refractivity contribution is 0.215. The Morgan fingerprint density at radius 2 is 1.45 bits per heavy atom. The Morgan fingerprint density at radius 3 is 2.05 bits per heavy atom. The van der Waals surface area contributed by atoms with E-state index in [-0.39, 0.29) is 5.41 Å². The fourth-order valence-electron chi connectivity index (χ4n) is 4.64. The average Bonchev–Trinajstić information content (AvgIpc) is 2.44. The van der Waals surface area contributed by atoms with Crippen LogP contribution >= 0.6 is 0 Å². The van der Waals surface area contributed by atoms with Crippen LogP contribution < -0.4 is 0 Å². The first-order chi connectivity index (χ1) is 10.2. The zero-order valence-corrected chi connectivity index (χ0v) is 15.6. The van der Waals surface area contributed by atoms with Gasteiger partial charge in [-0.1, -0.05) is 47.6 Å². The van der Waals surface area contributed by atoms with Crippen molar-refractivity contribution in [2.24, 2.45) is 11.3 Å². The highest BCUT2D eigenvalue weighted by molar-refractivity contribution is 5.51. The van der Waals surface area contributed by atoms with Crippen molar-refractivity contribution in [3.63, 3.8) is 0 Å². The topological polar surface area (TPSA) is 0 Å². The van der Waals surface area contributed by atoms with E-state index >= 15 is 0 Å². The zero-order chi connectivity index (χ0) is 16.1. The average molecular weight is 299 g/mol. The monoisotopic (exact) mass is 298 g/mol. The maximum absolute atomic E-state index is 2.60. The molecule has 0 bridgehead atoms. The molecular weight excluding hydrogens is 264 g/mol. The molecule has 2 aliphatic carbocycles. The molecule has 0 N–H and O–H groups in total. The molecule has 122 valence electrons. The second kappa shape index (κ2) is 5.39. The molecule has 0 saturated heterocycles. The van der Waals surface area contributed by atoms with Crippen LogP contribution in [0.4, 0.5) is 0 Å². The molecule has 0 aliphatic heterocycles. The molecule has 0 fully saturated rings.